The molecule has 1 unspecified atom stereocenters. The highest BCUT2D eigenvalue weighted by Crippen LogP contribution is 2.25. The smallest absolute Gasteiger partial charge is 0.0329 e. The lowest BCUT2D eigenvalue weighted by Gasteiger charge is -2.13. The quantitative estimate of drug-likeness (QED) is 0.819. The van der Waals surface area contributed by atoms with Gasteiger partial charge in [-0.05, 0) is 37.0 Å². The van der Waals surface area contributed by atoms with Gasteiger partial charge in [-0.25, -0.2) is 0 Å². The molecule has 0 saturated carbocycles. The van der Waals surface area contributed by atoms with Gasteiger partial charge in [0.1, 0.15) is 0 Å². The zero-order valence-electron chi connectivity index (χ0n) is 8.68. The molecule has 0 heterocycles. The monoisotopic (exact) mass is 253 g/mol. The van der Waals surface area contributed by atoms with Crippen molar-refractivity contribution in [1.29, 1.82) is 0 Å². The number of hydrogen-bond donors (Lipinski definition) is 1. The predicted molar refractivity (Wildman–Crippen MR) is 65.4 cm³/mol. The summed E-state index contributed by atoms with van der Waals surface area (Å²) in [6.45, 7) is 7.87. The lowest BCUT2D eigenvalue weighted by atomic mass is 10.00. The third kappa shape index (κ3) is 2.46. The summed E-state index contributed by atoms with van der Waals surface area (Å²) in [6.07, 6.45) is 2.68. The van der Waals surface area contributed by atoms with Crippen molar-refractivity contribution in [3.63, 3.8) is 0 Å². The maximum atomic E-state index is 6.01. The molecule has 0 bridgehead atoms. The maximum absolute atomic E-state index is 6.01. The Morgan fingerprint density at radius 2 is 1.93 bits per heavy atom. The fourth-order valence-electron chi connectivity index (χ4n) is 1.51. The van der Waals surface area contributed by atoms with E-state index in [2.05, 4.69) is 48.5 Å². The van der Waals surface area contributed by atoms with Crippen LogP contribution in [0.3, 0.4) is 0 Å². The van der Waals surface area contributed by atoms with E-state index < -0.39 is 0 Å². The molecule has 0 saturated heterocycles. The van der Waals surface area contributed by atoms with Gasteiger partial charge in [-0.15, -0.1) is 6.58 Å². The van der Waals surface area contributed by atoms with Crippen LogP contribution in [0.15, 0.2) is 29.3 Å². The molecule has 0 fully saturated rings. The fourth-order valence-corrected chi connectivity index (χ4v) is 1.74. The number of rotatable bonds is 3. The van der Waals surface area contributed by atoms with Crippen LogP contribution in [0.5, 0.6) is 0 Å². The second kappa shape index (κ2) is 4.76. The van der Waals surface area contributed by atoms with Crippen molar-refractivity contribution in [2.24, 2.45) is 5.73 Å². The number of halogens is 1. The van der Waals surface area contributed by atoms with Crippen LogP contribution < -0.4 is 5.73 Å². The number of benzene rings is 1. The van der Waals surface area contributed by atoms with E-state index in [1.165, 1.54) is 21.2 Å². The average molecular weight is 254 g/mol. The molecule has 0 radical (unpaired) electrons. The molecular weight excluding hydrogens is 238 g/mol. The van der Waals surface area contributed by atoms with E-state index in [1.54, 1.807) is 0 Å². The van der Waals surface area contributed by atoms with Gasteiger partial charge < -0.3 is 5.73 Å². The topological polar surface area (TPSA) is 26.0 Å². The van der Waals surface area contributed by atoms with Crippen LogP contribution in [0.4, 0.5) is 0 Å². The summed E-state index contributed by atoms with van der Waals surface area (Å²) in [5.41, 5.74) is 9.66. The van der Waals surface area contributed by atoms with E-state index in [1.807, 2.05) is 6.08 Å². The molecule has 1 aromatic carbocycles. The highest BCUT2D eigenvalue weighted by molar-refractivity contribution is 9.10. The van der Waals surface area contributed by atoms with E-state index in [0.29, 0.717) is 0 Å². The van der Waals surface area contributed by atoms with E-state index in [4.69, 9.17) is 5.73 Å². The lowest BCUT2D eigenvalue weighted by Crippen LogP contribution is -2.09. The van der Waals surface area contributed by atoms with Crippen LogP contribution in [0, 0.1) is 13.8 Å². The number of aryl methyl sites for hydroxylation is 2. The molecule has 2 N–H and O–H groups in total. The molecule has 2 heteroatoms. The Kier molecular flexibility index (Phi) is 3.90. The highest BCUT2D eigenvalue weighted by Gasteiger charge is 2.07. The zero-order chi connectivity index (χ0) is 10.7. The Hall–Kier alpha value is -0.600. The van der Waals surface area contributed by atoms with E-state index in [0.717, 1.165) is 6.42 Å². The summed E-state index contributed by atoms with van der Waals surface area (Å²) in [5.74, 6) is 0. The molecule has 0 aliphatic heterocycles. The molecular formula is C12H16BrN. The van der Waals surface area contributed by atoms with Crippen molar-refractivity contribution in [3.05, 3.63) is 46.0 Å². The largest absolute Gasteiger partial charge is 0.324 e. The summed E-state index contributed by atoms with van der Waals surface area (Å²) < 4.78 is 1.17. The Morgan fingerprint density at radius 1 is 1.43 bits per heavy atom. The van der Waals surface area contributed by atoms with Crippen LogP contribution in [-0.4, -0.2) is 0 Å². The molecule has 0 aliphatic rings. The lowest BCUT2D eigenvalue weighted by molar-refractivity contribution is 0.739. The van der Waals surface area contributed by atoms with Gasteiger partial charge in [-0.1, -0.05) is 34.1 Å². The van der Waals surface area contributed by atoms with Gasteiger partial charge >= 0.3 is 0 Å². The first kappa shape index (κ1) is 11.5. The average Bonchev–Trinajstić information content (AvgIpc) is 2.13. The van der Waals surface area contributed by atoms with Crippen molar-refractivity contribution >= 4 is 15.9 Å². The third-order valence-electron chi connectivity index (χ3n) is 2.31. The first-order valence-electron chi connectivity index (χ1n) is 4.69. The van der Waals surface area contributed by atoms with Crippen LogP contribution in [0.1, 0.15) is 29.2 Å². The normalized spacial score (nSPS) is 12.6. The Morgan fingerprint density at radius 3 is 2.36 bits per heavy atom. The molecule has 14 heavy (non-hydrogen) atoms. The Bertz CT molecular complexity index is 321. The second-order valence-electron chi connectivity index (χ2n) is 3.60. The minimum Gasteiger partial charge on any atom is -0.324 e. The van der Waals surface area contributed by atoms with Crippen molar-refractivity contribution in [3.8, 4) is 0 Å². The SMILES string of the molecule is C=CCC(N)c1cc(C)c(Br)c(C)c1. The van der Waals surface area contributed by atoms with Crippen LogP contribution >= 0.6 is 15.9 Å². The van der Waals surface area contributed by atoms with Gasteiger partial charge in [0, 0.05) is 10.5 Å². The zero-order valence-corrected chi connectivity index (χ0v) is 10.3. The summed E-state index contributed by atoms with van der Waals surface area (Å²) in [5, 5.41) is 0. The van der Waals surface area contributed by atoms with Gasteiger partial charge in [0.2, 0.25) is 0 Å². The van der Waals surface area contributed by atoms with Crippen LogP contribution in [-0.2, 0) is 0 Å². The summed E-state index contributed by atoms with van der Waals surface area (Å²) >= 11 is 3.54. The minimum absolute atomic E-state index is 0.0676. The third-order valence-corrected chi connectivity index (χ3v) is 3.56. The number of hydrogen-bond acceptors (Lipinski definition) is 1. The molecule has 76 valence electrons. The molecule has 1 rings (SSSR count). The first-order chi connectivity index (χ1) is 6.56. The van der Waals surface area contributed by atoms with Crippen LogP contribution in [0.25, 0.3) is 0 Å². The second-order valence-corrected chi connectivity index (χ2v) is 4.39. The highest BCUT2D eigenvalue weighted by atomic mass is 79.9. The minimum atomic E-state index is 0.0676. The van der Waals surface area contributed by atoms with E-state index in [9.17, 15) is 0 Å². The molecule has 1 nitrogen and oxygen atoms in total. The van der Waals surface area contributed by atoms with Gasteiger partial charge in [-0.2, -0.15) is 0 Å². The number of nitrogens with two attached hydrogens (primary N) is 1. The summed E-state index contributed by atoms with van der Waals surface area (Å²) in [7, 11) is 0. The molecule has 0 aliphatic carbocycles. The maximum Gasteiger partial charge on any atom is 0.0329 e. The van der Waals surface area contributed by atoms with Crippen molar-refractivity contribution in [2.75, 3.05) is 0 Å². The fraction of sp³-hybridized carbons (Fsp3) is 0.333. The van der Waals surface area contributed by atoms with Crippen LogP contribution in [0.2, 0.25) is 0 Å². The van der Waals surface area contributed by atoms with Crippen molar-refractivity contribution in [1.82, 2.24) is 0 Å². The molecule has 0 spiro atoms. The molecule has 1 aromatic rings. The first-order valence-corrected chi connectivity index (χ1v) is 5.48. The van der Waals surface area contributed by atoms with Crippen molar-refractivity contribution in [2.45, 2.75) is 26.3 Å². The predicted octanol–water partition coefficient (Wildman–Crippen LogP) is 3.64. The van der Waals surface area contributed by atoms with Gasteiger partial charge in [0.15, 0.2) is 0 Å². The molecule has 1 atom stereocenters. The Labute approximate surface area is 94.1 Å². The molecule has 0 amide bonds. The van der Waals surface area contributed by atoms with Gasteiger partial charge in [0.25, 0.3) is 0 Å². The van der Waals surface area contributed by atoms with Crippen molar-refractivity contribution < 1.29 is 0 Å². The standard InChI is InChI=1S/C12H16BrN/c1-4-5-11(14)10-6-8(2)12(13)9(3)7-10/h4,6-7,11H,1,5,14H2,2-3H3. The summed E-state index contributed by atoms with van der Waals surface area (Å²) in [4.78, 5) is 0. The summed E-state index contributed by atoms with van der Waals surface area (Å²) in [6, 6.07) is 4.33. The van der Waals surface area contributed by atoms with E-state index >= 15 is 0 Å². The molecule has 0 aromatic heterocycles. The van der Waals surface area contributed by atoms with E-state index in [-0.39, 0.29) is 6.04 Å². The van der Waals surface area contributed by atoms with Gasteiger partial charge in [0.05, 0.1) is 0 Å². The van der Waals surface area contributed by atoms with Gasteiger partial charge in [-0.3, -0.25) is 0 Å². The Balaban J connectivity index is 3.05.